The van der Waals surface area contributed by atoms with Crippen LogP contribution in [-0.2, 0) is 11.3 Å². The van der Waals surface area contributed by atoms with Crippen LogP contribution in [0.3, 0.4) is 0 Å². The predicted molar refractivity (Wildman–Crippen MR) is 77.8 cm³/mol. The molecule has 1 amide bonds. The van der Waals surface area contributed by atoms with Gasteiger partial charge >= 0.3 is 0 Å². The topological polar surface area (TPSA) is 98.3 Å². The molecular formula is C15H17N3O3. The van der Waals surface area contributed by atoms with E-state index in [4.69, 9.17) is 10.5 Å². The Balaban J connectivity index is 2.73. The van der Waals surface area contributed by atoms with Gasteiger partial charge in [-0.25, -0.2) is 0 Å². The number of rotatable bonds is 4. The third kappa shape index (κ3) is 2.85. The molecule has 2 aromatic rings. The smallest absolute Gasteiger partial charge is 0.254 e. The Morgan fingerprint density at radius 2 is 2.05 bits per heavy atom. The number of amides is 1. The molecule has 3 N–H and O–H groups in total. The summed E-state index contributed by atoms with van der Waals surface area (Å²) in [6.07, 6.45) is 0. The van der Waals surface area contributed by atoms with Crippen molar-refractivity contribution < 1.29 is 14.6 Å². The van der Waals surface area contributed by atoms with E-state index in [0.717, 1.165) is 5.69 Å². The van der Waals surface area contributed by atoms with Crippen molar-refractivity contribution in [2.24, 2.45) is 5.73 Å². The summed E-state index contributed by atoms with van der Waals surface area (Å²) in [5.41, 5.74) is 7.96. The molecule has 2 heterocycles. The Labute approximate surface area is 122 Å². The van der Waals surface area contributed by atoms with E-state index >= 15 is 0 Å². The third-order valence-corrected chi connectivity index (χ3v) is 3.10. The zero-order valence-electron chi connectivity index (χ0n) is 12.2. The number of nitrogens with two attached hydrogens (primary N) is 1. The van der Waals surface area contributed by atoms with Crippen LogP contribution in [0.2, 0.25) is 0 Å². The molecule has 6 nitrogen and oxygen atoms in total. The largest absolute Gasteiger partial charge is 0.506 e. The number of pyridine rings is 2. The second-order valence-electron chi connectivity index (χ2n) is 4.70. The minimum atomic E-state index is -0.749. The molecule has 0 saturated heterocycles. The molecular weight excluding hydrogens is 270 g/mol. The summed E-state index contributed by atoms with van der Waals surface area (Å²) < 4.78 is 5.00. The van der Waals surface area contributed by atoms with Crippen LogP contribution in [0.15, 0.2) is 18.2 Å². The maximum Gasteiger partial charge on any atom is 0.254 e. The summed E-state index contributed by atoms with van der Waals surface area (Å²) in [5.74, 6) is -0.957. The summed E-state index contributed by atoms with van der Waals surface area (Å²) >= 11 is 0. The highest BCUT2D eigenvalue weighted by atomic mass is 16.5. The number of aryl methyl sites for hydroxylation is 2. The molecule has 0 fully saturated rings. The fourth-order valence-electron chi connectivity index (χ4n) is 2.24. The molecule has 0 radical (unpaired) electrons. The van der Waals surface area contributed by atoms with Crippen LogP contribution in [0, 0.1) is 13.8 Å². The number of methoxy groups -OCH3 is 1. The van der Waals surface area contributed by atoms with Gasteiger partial charge in [-0.1, -0.05) is 6.07 Å². The van der Waals surface area contributed by atoms with Crippen molar-refractivity contribution in [3.05, 3.63) is 40.8 Å². The molecule has 0 aliphatic heterocycles. The lowest BCUT2D eigenvalue weighted by Crippen LogP contribution is -2.17. The standard InChI is InChI=1S/C15H17N3O3/c1-8-5-4-6-10(17-8)12-9(2)18-11(7-21-3)13(14(12)19)15(16)20/h4-6H,7H2,1-3H3,(H2,16,20)(H,18,19). The number of carbonyl (C=O) groups is 1. The molecule has 0 aliphatic carbocycles. The van der Waals surface area contributed by atoms with Gasteiger partial charge < -0.3 is 15.6 Å². The lowest BCUT2D eigenvalue weighted by atomic mass is 10.0. The number of ether oxygens (including phenoxy) is 1. The van der Waals surface area contributed by atoms with Gasteiger partial charge in [-0.2, -0.15) is 0 Å². The minimum absolute atomic E-state index is 0.0271. The lowest BCUT2D eigenvalue weighted by molar-refractivity contribution is 0.0991. The lowest BCUT2D eigenvalue weighted by Gasteiger charge is -2.14. The Kier molecular flexibility index (Phi) is 4.18. The average Bonchev–Trinajstić information content (AvgIpc) is 2.38. The van der Waals surface area contributed by atoms with Gasteiger partial charge in [-0.3, -0.25) is 14.8 Å². The third-order valence-electron chi connectivity index (χ3n) is 3.10. The Morgan fingerprint density at radius 3 is 2.62 bits per heavy atom. The van der Waals surface area contributed by atoms with Gasteiger partial charge in [-0.15, -0.1) is 0 Å². The molecule has 0 atom stereocenters. The summed E-state index contributed by atoms with van der Waals surface area (Å²) in [7, 11) is 1.48. The fraction of sp³-hybridized carbons (Fsp3) is 0.267. The van der Waals surface area contributed by atoms with Gasteiger partial charge in [-0.05, 0) is 26.0 Å². The Bertz CT molecular complexity index is 699. The van der Waals surface area contributed by atoms with Crippen molar-refractivity contribution in [3.8, 4) is 17.0 Å². The van der Waals surface area contributed by atoms with E-state index in [0.29, 0.717) is 22.6 Å². The van der Waals surface area contributed by atoms with E-state index < -0.39 is 5.91 Å². The van der Waals surface area contributed by atoms with Crippen LogP contribution in [0.1, 0.15) is 27.4 Å². The molecule has 21 heavy (non-hydrogen) atoms. The van der Waals surface area contributed by atoms with Crippen molar-refractivity contribution in [1.29, 1.82) is 0 Å². The average molecular weight is 287 g/mol. The molecule has 110 valence electrons. The second-order valence-corrected chi connectivity index (χ2v) is 4.70. The number of hydrogen-bond donors (Lipinski definition) is 2. The second kappa shape index (κ2) is 5.88. The van der Waals surface area contributed by atoms with Gasteiger partial charge in [0.25, 0.3) is 5.91 Å². The maximum atomic E-state index is 11.6. The van der Waals surface area contributed by atoms with E-state index in [-0.39, 0.29) is 17.9 Å². The molecule has 2 aromatic heterocycles. The van der Waals surface area contributed by atoms with Crippen LogP contribution >= 0.6 is 0 Å². The van der Waals surface area contributed by atoms with E-state index in [1.54, 1.807) is 13.0 Å². The SMILES string of the molecule is COCc1nc(C)c(-c2cccc(C)n2)c(O)c1C(N)=O. The first-order valence-electron chi connectivity index (χ1n) is 6.41. The molecule has 0 bridgehead atoms. The summed E-state index contributed by atoms with van der Waals surface area (Å²) in [6.45, 7) is 3.68. The minimum Gasteiger partial charge on any atom is -0.506 e. The van der Waals surface area contributed by atoms with E-state index in [2.05, 4.69) is 9.97 Å². The van der Waals surface area contributed by atoms with E-state index in [9.17, 15) is 9.90 Å². The normalized spacial score (nSPS) is 10.6. The first kappa shape index (κ1) is 14.9. The fourth-order valence-corrected chi connectivity index (χ4v) is 2.24. The Hall–Kier alpha value is -2.47. The Morgan fingerprint density at radius 1 is 1.33 bits per heavy atom. The van der Waals surface area contributed by atoms with Gasteiger partial charge in [0.2, 0.25) is 0 Å². The monoisotopic (exact) mass is 287 g/mol. The number of primary amides is 1. The van der Waals surface area contributed by atoms with Crippen LogP contribution in [0.25, 0.3) is 11.3 Å². The summed E-state index contributed by atoms with van der Waals surface area (Å²) in [6, 6.07) is 5.42. The van der Waals surface area contributed by atoms with Gasteiger partial charge in [0.1, 0.15) is 11.3 Å². The highest BCUT2D eigenvalue weighted by Crippen LogP contribution is 2.35. The van der Waals surface area contributed by atoms with Crippen molar-refractivity contribution in [2.75, 3.05) is 7.11 Å². The van der Waals surface area contributed by atoms with Crippen LogP contribution < -0.4 is 5.73 Å². The zero-order chi connectivity index (χ0) is 15.6. The van der Waals surface area contributed by atoms with Crippen LogP contribution in [0.4, 0.5) is 0 Å². The van der Waals surface area contributed by atoms with Gasteiger partial charge in [0, 0.05) is 12.8 Å². The van der Waals surface area contributed by atoms with Crippen molar-refractivity contribution >= 4 is 5.91 Å². The van der Waals surface area contributed by atoms with E-state index in [1.807, 2.05) is 19.1 Å². The molecule has 0 unspecified atom stereocenters. The number of carbonyl (C=O) groups excluding carboxylic acids is 1. The maximum absolute atomic E-state index is 11.6. The molecule has 0 aromatic carbocycles. The predicted octanol–water partition coefficient (Wildman–Crippen LogP) is 1.71. The zero-order valence-corrected chi connectivity index (χ0v) is 12.2. The van der Waals surface area contributed by atoms with Crippen LogP contribution in [0.5, 0.6) is 5.75 Å². The first-order valence-corrected chi connectivity index (χ1v) is 6.41. The molecule has 0 saturated carbocycles. The van der Waals surface area contributed by atoms with Crippen LogP contribution in [-0.4, -0.2) is 28.1 Å². The van der Waals surface area contributed by atoms with Crippen molar-refractivity contribution in [3.63, 3.8) is 0 Å². The van der Waals surface area contributed by atoms with Gasteiger partial charge in [0.05, 0.1) is 29.3 Å². The molecule has 6 heteroatoms. The summed E-state index contributed by atoms with van der Waals surface area (Å²) in [5, 5.41) is 10.5. The number of aromatic nitrogens is 2. The highest BCUT2D eigenvalue weighted by molar-refractivity contribution is 5.99. The quantitative estimate of drug-likeness (QED) is 0.892. The number of hydrogen-bond acceptors (Lipinski definition) is 5. The highest BCUT2D eigenvalue weighted by Gasteiger charge is 2.22. The van der Waals surface area contributed by atoms with E-state index in [1.165, 1.54) is 7.11 Å². The summed E-state index contributed by atoms with van der Waals surface area (Å²) in [4.78, 5) is 20.3. The van der Waals surface area contributed by atoms with Crippen molar-refractivity contribution in [2.45, 2.75) is 20.5 Å². The number of nitrogens with zero attached hydrogens (tertiary/aromatic N) is 2. The van der Waals surface area contributed by atoms with Crippen molar-refractivity contribution in [1.82, 2.24) is 9.97 Å². The molecule has 0 aliphatic rings. The first-order chi connectivity index (χ1) is 9.95. The molecule has 0 spiro atoms. The van der Waals surface area contributed by atoms with Gasteiger partial charge in [0.15, 0.2) is 0 Å². The number of aromatic hydroxyl groups is 1. The molecule has 2 rings (SSSR count).